The van der Waals surface area contributed by atoms with Crippen molar-refractivity contribution in [2.24, 2.45) is 0 Å². The fraction of sp³-hybridized carbons (Fsp3) is 0.312. The molecule has 1 aromatic heterocycles. The van der Waals surface area contributed by atoms with Gasteiger partial charge in [0.1, 0.15) is 0 Å². The Morgan fingerprint density at radius 3 is 2.64 bits per heavy atom. The molecular formula is C16H17NO3S2. The van der Waals surface area contributed by atoms with E-state index in [2.05, 4.69) is 5.32 Å². The Morgan fingerprint density at radius 2 is 2.00 bits per heavy atom. The number of nitrogens with one attached hydrogen (secondary N) is 1. The number of benzene rings is 1. The van der Waals surface area contributed by atoms with Crippen molar-refractivity contribution in [1.29, 1.82) is 0 Å². The van der Waals surface area contributed by atoms with Gasteiger partial charge >= 0.3 is 0 Å². The quantitative estimate of drug-likeness (QED) is 0.938. The van der Waals surface area contributed by atoms with E-state index in [-0.39, 0.29) is 23.5 Å². The van der Waals surface area contributed by atoms with Crippen LogP contribution in [0.3, 0.4) is 0 Å². The smallest absolute Gasteiger partial charge is 0.261 e. The van der Waals surface area contributed by atoms with E-state index in [4.69, 9.17) is 0 Å². The topological polar surface area (TPSA) is 63.2 Å². The van der Waals surface area contributed by atoms with Crippen LogP contribution in [0.2, 0.25) is 0 Å². The minimum atomic E-state index is -2.98. The van der Waals surface area contributed by atoms with Crippen LogP contribution >= 0.6 is 11.3 Å². The second-order valence-corrected chi connectivity index (χ2v) is 8.84. The zero-order chi connectivity index (χ0) is 15.7. The predicted molar refractivity (Wildman–Crippen MR) is 89.0 cm³/mol. The number of amides is 1. The van der Waals surface area contributed by atoms with Gasteiger partial charge < -0.3 is 5.32 Å². The minimum Gasteiger partial charge on any atom is -0.348 e. The van der Waals surface area contributed by atoms with Gasteiger partial charge in [0.05, 0.1) is 16.4 Å². The van der Waals surface area contributed by atoms with Gasteiger partial charge in [-0.05, 0) is 30.5 Å². The zero-order valence-electron chi connectivity index (χ0n) is 12.2. The fourth-order valence-electron chi connectivity index (χ4n) is 2.64. The molecule has 1 aromatic carbocycles. The van der Waals surface area contributed by atoms with Gasteiger partial charge in [0.15, 0.2) is 9.84 Å². The largest absolute Gasteiger partial charge is 0.348 e. The highest BCUT2D eigenvalue weighted by molar-refractivity contribution is 7.91. The average Bonchev–Trinajstić information content (AvgIpc) is 3.02. The standard InChI is InChI=1S/C16H17NO3S2/c1-11-9-14(21-15(11)12-5-3-2-4-6-12)16(18)17-13-7-8-22(19,20)10-13/h2-6,9,13H,7-8,10H2,1H3,(H,17,18). The maximum atomic E-state index is 12.3. The summed E-state index contributed by atoms with van der Waals surface area (Å²) in [5.41, 5.74) is 2.15. The molecule has 0 saturated carbocycles. The van der Waals surface area contributed by atoms with E-state index >= 15 is 0 Å². The van der Waals surface area contributed by atoms with Gasteiger partial charge in [0, 0.05) is 10.9 Å². The normalized spacial score (nSPS) is 20.0. The molecule has 1 aliphatic rings. The van der Waals surface area contributed by atoms with Crippen molar-refractivity contribution in [2.45, 2.75) is 19.4 Å². The molecule has 1 N–H and O–H groups in total. The third-order valence-electron chi connectivity index (χ3n) is 3.75. The predicted octanol–water partition coefficient (Wildman–Crippen LogP) is 2.64. The van der Waals surface area contributed by atoms with Crippen LogP contribution < -0.4 is 5.32 Å². The molecule has 1 fully saturated rings. The summed E-state index contributed by atoms with van der Waals surface area (Å²) in [5.74, 6) is 0.0306. The van der Waals surface area contributed by atoms with Crippen molar-refractivity contribution < 1.29 is 13.2 Å². The first-order valence-corrected chi connectivity index (χ1v) is 9.75. The maximum absolute atomic E-state index is 12.3. The van der Waals surface area contributed by atoms with Crippen LogP contribution in [0.1, 0.15) is 21.7 Å². The lowest BCUT2D eigenvalue weighted by atomic mass is 10.1. The van der Waals surface area contributed by atoms with E-state index in [9.17, 15) is 13.2 Å². The van der Waals surface area contributed by atoms with Gasteiger partial charge in [-0.25, -0.2) is 8.42 Å². The number of thiophene rings is 1. The number of aryl methyl sites for hydroxylation is 1. The van der Waals surface area contributed by atoms with Crippen LogP contribution in [0.25, 0.3) is 10.4 Å². The zero-order valence-corrected chi connectivity index (χ0v) is 13.8. The van der Waals surface area contributed by atoms with Gasteiger partial charge in [-0.15, -0.1) is 11.3 Å². The summed E-state index contributed by atoms with van der Waals surface area (Å²) in [6.07, 6.45) is 0.504. The summed E-state index contributed by atoms with van der Waals surface area (Å²) in [6.45, 7) is 1.98. The molecule has 1 atom stereocenters. The second-order valence-electron chi connectivity index (χ2n) is 5.56. The Bertz CT molecular complexity index is 794. The van der Waals surface area contributed by atoms with Crippen molar-refractivity contribution in [3.63, 3.8) is 0 Å². The molecule has 116 valence electrons. The van der Waals surface area contributed by atoms with E-state index < -0.39 is 9.84 Å². The van der Waals surface area contributed by atoms with E-state index in [1.54, 1.807) is 0 Å². The van der Waals surface area contributed by atoms with Gasteiger partial charge in [-0.3, -0.25) is 4.79 Å². The summed E-state index contributed by atoms with van der Waals surface area (Å²) in [4.78, 5) is 14.0. The molecule has 6 heteroatoms. The van der Waals surface area contributed by atoms with Crippen molar-refractivity contribution in [2.75, 3.05) is 11.5 Å². The molecule has 0 spiro atoms. The van der Waals surface area contributed by atoms with E-state index in [0.29, 0.717) is 11.3 Å². The Balaban J connectivity index is 1.77. The van der Waals surface area contributed by atoms with E-state index in [1.807, 2.05) is 43.3 Å². The van der Waals surface area contributed by atoms with Gasteiger partial charge in [0.2, 0.25) is 0 Å². The molecule has 1 amide bonds. The SMILES string of the molecule is Cc1cc(C(=O)NC2CCS(=O)(=O)C2)sc1-c1ccccc1. The van der Waals surface area contributed by atoms with Crippen LogP contribution in [0, 0.1) is 6.92 Å². The molecule has 2 aromatic rings. The maximum Gasteiger partial charge on any atom is 0.261 e. The minimum absolute atomic E-state index is 0.0502. The highest BCUT2D eigenvalue weighted by Gasteiger charge is 2.29. The van der Waals surface area contributed by atoms with Crippen LogP contribution in [-0.2, 0) is 9.84 Å². The summed E-state index contributed by atoms with van der Waals surface area (Å²) in [5, 5.41) is 2.84. The third-order valence-corrected chi connectivity index (χ3v) is 6.80. The highest BCUT2D eigenvalue weighted by Crippen LogP contribution is 2.32. The molecule has 1 aliphatic heterocycles. The number of rotatable bonds is 3. The molecule has 0 aliphatic carbocycles. The molecule has 1 unspecified atom stereocenters. The molecule has 0 radical (unpaired) electrons. The summed E-state index contributed by atoms with van der Waals surface area (Å²) < 4.78 is 22.9. The first-order chi connectivity index (χ1) is 10.4. The number of carbonyl (C=O) groups is 1. The molecular weight excluding hydrogens is 318 g/mol. The lowest BCUT2D eigenvalue weighted by molar-refractivity contribution is 0.0945. The Hall–Kier alpha value is -1.66. The molecule has 0 bridgehead atoms. The van der Waals surface area contributed by atoms with E-state index in [1.165, 1.54) is 11.3 Å². The van der Waals surface area contributed by atoms with Crippen LogP contribution in [0.5, 0.6) is 0 Å². The average molecular weight is 335 g/mol. The van der Waals surface area contributed by atoms with Gasteiger partial charge in [0.25, 0.3) is 5.91 Å². The molecule has 3 rings (SSSR count). The van der Waals surface area contributed by atoms with Crippen LogP contribution in [-0.4, -0.2) is 31.9 Å². The monoisotopic (exact) mass is 335 g/mol. The molecule has 2 heterocycles. The van der Waals surface area contributed by atoms with Crippen molar-refractivity contribution in [3.05, 3.63) is 46.8 Å². The number of sulfone groups is 1. The van der Waals surface area contributed by atoms with Crippen molar-refractivity contribution in [3.8, 4) is 10.4 Å². The van der Waals surface area contributed by atoms with Gasteiger partial charge in [-0.2, -0.15) is 0 Å². The van der Waals surface area contributed by atoms with Gasteiger partial charge in [-0.1, -0.05) is 30.3 Å². The van der Waals surface area contributed by atoms with Crippen LogP contribution in [0.15, 0.2) is 36.4 Å². The molecule has 4 nitrogen and oxygen atoms in total. The lowest BCUT2D eigenvalue weighted by Gasteiger charge is -2.09. The summed E-state index contributed by atoms with van der Waals surface area (Å²) >= 11 is 1.44. The summed E-state index contributed by atoms with van der Waals surface area (Å²) in [6, 6.07) is 11.5. The first kappa shape index (κ1) is 15.2. The van der Waals surface area contributed by atoms with Crippen molar-refractivity contribution in [1.82, 2.24) is 5.32 Å². The van der Waals surface area contributed by atoms with Crippen LogP contribution in [0.4, 0.5) is 0 Å². The third kappa shape index (κ3) is 3.23. The Labute approximate surface area is 134 Å². The lowest BCUT2D eigenvalue weighted by Crippen LogP contribution is -2.35. The number of hydrogen-bond acceptors (Lipinski definition) is 4. The first-order valence-electron chi connectivity index (χ1n) is 7.12. The Kier molecular flexibility index (Phi) is 4.06. The van der Waals surface area contributed by atoms with E-state index in [0.717, 1.165) is 16.0 Å². The fourth-order valence-corrected chi connectivity index (χ4v) is 5.39. The van der Waals surface area contributed by atoms with Crippen molar-refractivity contribution >= 4 is 27.1 Å². The number of hydrogen-bond donors (Lipinski definition) is 1. The highest BCUT2D eigenvalue weighted by atomic mass is 32.2. The molecule has 22 heavy (non-hydrogen) atoms. The summed E-state index contributed by atoms with van der Waals surface area (Å²) in [7, 11) is -2.98. The number of carbonyl (C=O) groups excluding carboxylic acids is 1. The second kappa shape index (κ2) is 5.85. The Morgan fingerprint density at radius 1 is 1.27 bits per heavy atom. The molecule has 1 saturated heterocycles.